The number of anilines is 1. The molecule has 86 valence electrons. The van der Waals surface area contributed by atoms with Crippen molar-refractivity contribution in [3.8, 4) is 6.07 Å². The number of nitriles is 1. The first-order valence-corrected chi connectivity index (χ1v) is 6.56. The van der Waals surface area contributed by atoms with Gasteiger partial charge in [0.2, 0.25) is 0 Å². The highest BCUT2D eigenvalue weighted by Gasteiger charge is 2.06. The standard InChI is InChI=1S/C12H15FN2S/c1-16-7-3-6-12(9-14)15-11-5-2-4-10(13)8-11/h2,4-5,8,12,15H,3,6-7H2,1H3. The number of hydrogen-bond acceptors (Lipinski definition) is 3. The largest absolute Gasteiger partial charge is 0.370 e. The summed E-state index contributed by atoms with van der Waals surface area (Å²) in [5.41, 5.74) is 0.663. The van der Waals surface area contributed by atoms with E-state index in [0.29, 0.717) is 5.69 Å². The fourth-order valence-corrected chi connectivity index (χ4v) is 1.84. The predicted molar refractivity (Wildman–Crippen MR) is 67.0 cm³/mol. The zero-order valence-electron chi connectivity index (χ0n) is 9.24. The lowest BCUT2D eigenvalue weighted by Gasteiger charge is -2.12. The van der Waals surface area contributed by atoms with Gasteiger partial charge in [-0.25, -0.2) is 4.39 Å². The molecule has 0 aliphatic carbocycles. The molecule has 0 spiro atoms. The van der Waals surface area contributed by atoms with Crippen LogP contribution in [0, 0.1) is 17.1 Å². The van der Waals surface area contributed by atoms with E-state index in [1.807, 2.05) is 6.26 Å². The number of benzene rings is 1. The smallest absolute Gasteiger partial charge is 0.125 e. The van der Waals surface area contributed by atoms with Crippen LogP contribution in [0.4, 0.5) is 10.1 Å². The molecule has 0 aromatic heterocycles. The van der Waals surface area contributed by atoms with Crippen molar-refractivity contribution in [2.75, 3.05) is 17.3 Å². The molecule has 0 aliphatic rings. The minimum atomic E-state index is -0.286. The zero-order chi connectivity index (χ0) is 11.8. The second kappa shape index (κ2) is 7.13. The molecule has 1 rings (SSSR count). The van der Waals surface area contributed by atoms with Crippen molar-refractivity contribution in [3.63, 3.8) is 0 Å². The predicted octanol–water partition coefficient (Wildman–Crippen LogP) is 3.27. The number of nitrogens with one attached hydrogen (secondary N) is 1. The van der Waals surface area contributed by atoms with Crippen molar-refractivity contribution < 1.29 is 4.39 Å². The summed E-state index contributed by atoms with van der Waals surface area (Å²) in [4.78, 5) is 0. The van der Waals surface area contributed by atoms with Crippen LogP contribution in [0.2, 0.25) is 0 Å². The molecule has 1 atom stereocenters. The summed E-state index contributed by atoms with van der Waals surface area (Å²) in [6.45, 7) is 0. The number of thioether (sulfide) groups is 1. The monoisotopic (exact) mass is 238 g/mol. The molecule has 4 heteroatoms. The second-order valence-corrected chi connectivity index (χ2v) is 4.46. The Morgan fingerprint density at radius 2 is 2.38 bits per heavy atom. The molecule has 0 bridgehead atoms. The van der Waals surface area contributed by atoms with Gasteiger partial charge in [0, 0.05) is 5.69 Å². The Morgan fingerprint density at radius 1 is 1.56 bits per heavy atom. The van der Waals surface area contributed by atoms with Crippen molar-refractivity contribution in [3.05, 3.63) is 30.1 Å². The Labute approximate surface area is 99.9 Å². The molecule has 0 aliphatic heterocycles. The Hall–Kier alpha value is -1.21. The maximum absolute atomic E-state index is 12.9. The Bertz CT molecular complexity index is 362. The third-order valence-electron chi connectivity index (χ3n) is 2.16. The van der Waals surface area contributed by atoms with Crippen LogP contribution in [0.5, 0.6) is 0 Å². The van der Waals surface area contributed by atoms with E-state index >= 15 is 0 Å². The lowest BCUT2D eigenvalue weighted by Crippen LogP contribution is -2.17. The molecule has 0 saturated carbocycles. The van der Waals surface area contributed by atoms with Crippen LogP contribution < -0.4 is 5.32 Å². The van der Waals surface area contributed by atoms with Crippen molar-refractivity contribution in [2.45, 2.75) is 18.9 Å². The molecule has 0 saturated heterocycles. The van der Waals surface area contributed by atoms with Gasteiger partial charge in [-0.2, -0.15) is 17.0 Å². The van der Waals surface area contributed by atoms with Gasteiger partial charge in [-0.15, -0.1) is 0 Å². The molecule has 1 aromatic carbocycles. The highest BCUT2D eigenvalue weighted by molar-refractivity contribution is 7.98. The molecule has 0 heterocycles. The van der Waals surface area contributed by atoms with Crippen molar-refractivity contribution in [1.29, 1.82) is 5.26 Å². The van der Waals surface area contributed by atoms with Crippen molar-refractivity contribution in [2.24, 2.45) is 0 Å². The minimum absolute atomic E-state index is 0.242. The van der Waals surface area contributed by atoms with E-state index in [1.165, 1.54) is 12.1 Å². The topological polar surface area (TPSA) is 35.8 Å². The van der Waals surface area contributed by atoms with Crippen LogP contribution in [-0.2, 0) is 0 Å². The number of nitrogens with zero attached hydrogens (tertiary/aromatic N) is 1. The number of hydrogen-bond donors (Lipinski definition) is 1. The Balaban J connectivity index is 2.47. The summed E-state index contributed by atoms with van der Waals surface area (Å²) in [7, 11) is 0. The third-order valence-corrected chi connectivity index (χ3v) is 2.86. The van der Waals surface area contributed by atoms with Gasteiger partial charge in [-0.1, -0.05) is 6.07 Å². The Kier molecular flexibility index (Phi) is 5.73. The van der Waals surface area contributed by atoms with Gasteiger partial charge in [0.1, 0.15) is 11.9 Å². The highest BCUT2D eigenvalue weighted by Crippen LogP contribution is 2.13. The normalized spacial score (nSPS) is 11.8. The maximum atomic E-state index is 12.9. The van der Waals surface area contributed by atoms with E-state index in [2.05, 4.69) is 11.4 Å². The highest BCUT2D eigenvalue weighted by atomic mass is 32.2. The van der Waals surface area contributed by atoms with Gasteiger partial charge in [0.25, 0.3) is 0 Å². The quantitative estimate of drug-likeness (QED) is 0.773. The van der Waals surface area contributed by atoms with Gasteiger partial charge in [-0.05, 0) is 43.0 Å². The van der Waals surface area contributed by atoms with E-state index in [4.69, 9.17) is 5.26 Å². The second-order valence-electron chi connectivity index (χ2n) is 3.47. The molecule has 1 N–H and O–H groups in total. The molecule has 1 aromatic rings. The van der Waals surface area contributed by atoms with Crippen molar-refractivity contribution >= 4 is 17.4 Å². The van der Waals surface area contributed by atoms with Gasteiger partial charge in [0.05, 0.1) is 6.07 Å². The lowest BCUT2D eigenvalue weighted by atomic mass is 10.2. The summed E-state index contributed by atoms with van der Waals surface area (Å²) >= 11 is 1.77. The number of rotatable bonds is 6. The van der Waals surface area contributed by atoms with Gasteiger partial charge in [-0.3, -0.25) is 0 Å². The minimum Gasteiger partial charge on any atom is -0.370 e. The van der Waals surface area contributed by atoms with Crippen LogP contribution in [-0.4, -0.2) is 18.1 Å². The SMILES string of the molecule is CSCCCC(C#N)Nc1cccc(F)c1. The van der Waals surface area contributed by atoms with E-state index in [-0.39, 0.29) is 11.9 Å². The summed E-state index contributed by atoms with van der Waals surface area (Å²) in [6.07, 6.45) is 3.82. The molecule has 2 nitrogen and oxygen atoms in total. The molecule has 16 heavy (non-hydrogen) atoms. The molecule has 0 amide bonds. The summed E-state index contributed by atoms with van der Waals surface area (Å²) in [5, 5.41) is 12.0. The first-order chi connectivity index (χ1) is 7.76. The zero-order valence-corrected chi connectivity index (χ0v) is 10.1. The van der Waals surface area contributed by atoms with Crippen LogP contribution in [0.25, 0.3) is 0 Å². The Morgan fingerprint density at radius 3 is 3.00 bits per heavy atom. The molecule has 0 fully saturated rings. The fourth-order valence-electron chi connectivity index (χ4n) is 1.38. The summed E-state index contributed by atoms with van der Waals surface area (Å²) < 4.78 is 12.9. The van der Waals surface area contributed by atoms with E-state index in [9.17, 15) is 4.39 Å². The average Bonchev–Trinajstić information content (AvgIpc) is 2.28. The first kappa shape index (κ1) is 12.9. The molecular formula is C12H15FN2S. The van der Waals surface area contributed by atoms with Crippen LogP contribution in [0.15, 0.2) is 24.3 Å². The number of halogens is 1. The van der Waals surface area contributed by atoms with E-state index in [1.54, 1.807) is 23.9 Å². The summed E-state index contributed by atoms with van der Waals surface area (Å²) in [5.74, 6) is 0.758. The van der Waals surface area contributed by atoms with Crippen LogP contribution >= 0.6 is 11.8 Å². The average molecular weight is 238 g/mol. The third kappa shape index (κ3) is 4.54. The van der Waals surface area contributed by atoms with Crippen LogP contribution in [0.3, 0.4) is 0 Å². The molecular weight excluding hydrogens is 223 g/mol. The van der Waals surface area contributed by atoms with Gasteiger partial charge < -0.3 is 5.32 Å². The van der Waals surface area contributed by atoms with Crippen LogP contribution in [0.1, 0.15) is 12.8 Å². The van der Waals surface area contributed by atoms with Gasteiger partial charge >= 0.3 is 0 Å². The first-order valence-electron chi connectivity index (χ1n) is 5.17. The van der Waals surface area contributed by atoms with Crippen molar-refractivity contribution in [1.82, 2.24) is 0 Å². The summed E-state index contributed by atoms with van der Waals surface area (Å²) in [6, 6.07) is 8.13. The van der Waals surface area contributed by atoms with Gasteiger partial charge in [0.15, 0.2) is 0 Å². The lowest BCUT2D eigenvalue weighted by molar-refractivity contribution is 0.627. The van der Waals surface area contributed by atoms with E-state index in [0.717, 1.165) is 18.6 Å². The molecule has 0 radical (unpaired) electrons. The maximum Gasteiger partial charge on any atom is 0.125 e. The fraction of sp³-hybridized carbons (Fsp3) is 0.417. The van der Waals surface area contributed by atoms with E-state index < -0.39 is 0 Å². The molecule has 1 unspecified atom stereocenters.